The minimum absolute atomic E-state index is 0.211. The minimum atomic E-state index is -3.59. The number of nitrogens with zero attached hydrogens (tertiary/aromatic N) is 5. The standard InChI is InChI=1S/C43H54ClN9O7S/c1-5-28-24-37(47-43-45-27-34(44)41(49-43)46-35-11-9-31(58-2)25-36(35)50-61(4,56)57)39(59-3)26-38(28)53-15-13-30(14-16-53)52-19-17-51(18-20-52)21-22-60-32-8-6-7-29(23-32)33-10-12-40(54)48-42(33)55/h6-9,11,23-27,30,33,50H,5,10,12-22H2,1-4H3,(H,48,54,55)(H2,45,46,47,49). The molecule has 16 nitrogen and oxygen atoms in total. The van der Waals surface area contributed by atoms with E-state index in [9.17, 15) is 18.0 Å². The summed E-state index contributed by atoms with van der Waals surface area (Å²) < 4.78 is 44.0. The van der Waals surface area contributed by atoms with Gasteiger partial charge in [-0.3, -0.25) is 29.4 Å². The Kier molecular flexibility index (Phi) is 14.0. The Morgan fingerprint density at radius 2 is 1.67 bits per heavy atom. The number of piperidine rings is 2. The second-order valence-electron chi connectivity index (χ2n) is 15.5. The lowest BCUT2D eigenvalue weighted by Gasteiger charge is -2.43. The Morgan fingerprint density at radius 3 is 2.38 bits per heavy atom. The number of sulfonamides is 1. The first kappa shape index (κ1) is 43.7. The number of aromatic nitrogens is 2. The van der Waals surface area contributed by atoms with Crippen molar-refractivity contribution in [2.45, 2.75) is 51.0 Å². The smallest absolute Gasteiger partial charge is 0.234 e. The van der Waals surface area contributed by atoms with Crippen molar-refractivity contribution in [1.82, 2.24) is 25.1 Å². The topological polar surface area (TPSA) is 180 Å². The van der Waals surface area contributed by atoms with Gasteiger partial charge in [0.1, 0.15) is 28.9 Å². The number of benzene rings is 3. The number of anilines is 6. The zero-order valence-electron chi connectivity index (χ0n) is 35.0. The number of halogens is 1. The van der Waals surface area contributed by atoms with Crippen LogP contribution in [-0.2, 0) is 26.0 Å². The van der Waals surface area contributed by atoms with Crippen molar-refractivity contribution in [3.8, 4) is 17.2 Å². The highest BCUT2D eigenvalue weighted by molar-refractivity contribution is 7.92. The van der Waals surface area contributed by atoms with Crippen LogP contribution < -0.4 is 39.8 Å². The van der Waals surface area contributed by atoms with Crippen LogP contribution in [0, 0.1) is 0 Å². The second-order valence-corrected chi connectivity index (χ2v) is 17.6. The fourth-order valence-electron chi connectivity index (χ4n) is 8.21. The monoisotopic (exact) mass is 875 g/mol. The largest absolute Gasteiger partial charge is 0.497 e. The van der Waals surface area contributed by atoms with E-state index in [1.54, 1.807) is 25.3 Å². The average Bonchev–Trinajstić information content (AvgIpc) is 3.25. The quantitative estimate of drug-likeness (QED) is 0.1000. The van der Waals surface area contributed by atoms with E-state index in [4.69, 9.17) is 25.8 Å². The summed E-state index contributed by atoms with van der Waals surface area (Å²) in [5.41, 5.74) is 4.61. The number of amides is 2. The summed E-state index contributed by atoms with van der Waals surface area (Å²) in [5, 5.41) is 9.12. The summed E-state index contributed by atoms with van der Waals surface area (Å²) in [6.45, 7) is 9.44. The molecule has 4 N–H and O–H groups in total. The number of aryl methyl sites for hydroxylation is 1. The number of imide groups is 1. The van der Waals surface area contributed by atoms with Crippen molar-refractivity contribution in [3.63, 3.8) is 0 Å². The zero-order chi connectivity index (χ0) is 43.1. The highest BCUT2D eigenvalue weighted by atomic mass is 35.5. The van der Waals surface area contributed by atoms with Gasteiger partial charge in [-0.05, 0) is 67.1 Å². The molecule has 3 aliphatic rings. The molecule has 3 fully saturated rings. The first-order valence-electron chi connectivity index (χ1n) is 20.6. The third kappa shape index (κ3) is 11.1. The van der Waals surface area contributed by atoms with Crippen LogP contribution >= 0.6 is 11.6 Å². The van der Waals surface area contributed by atoms with E-state index in [1.165, 1.54) is 18.9 Å². The molecular formula is C43H54ClN9O7S. The Morgan fingerprint density at radius 1 is 0.885 bits per heavy atom. The highest BCUT2D eigenvalue weighted by Gasteiger charge is 2.30. The van der Waals surface area contributed by atoms with Gasteiger partial charge in [0.25, 0.3) is 0 Å². The minimum Gasteiger partial charge on any atom is -0.497 e. The summed E-state index contributed by atoms with van der Waals surface area (Å²) in [6.07, 6.45) is 6.37. The molecule has 2 amide bonds. The summed E-state index contributed by atoms with van der Waals surface area (Å²) in [7, 11) is -0.443. The third-order valence-corrected chi connectivity index (χ3v) is 12.3. The molecule has 3 aliphatic heterocycles. The van der Waals surface area contributed by atoms with Crippen LogP contribution in [0.5, 0.6) is 17.2 Å². The van der Waals surface area contributed by atoms with Crippen molar-refractivity contribution >= 4 is 68.0 Å². The summed E-state index contributed by atoms with van der Waals surface area (Å²) in [5.74, 6) is 1.65. The van der Waals surface area contributed by atoms with Crippen LogP contribution in [-0.4, -0.2) is 119 Å². The van der Waals surface area contributed by atoms with Crippen molar-refractivity contribution in [3.05, 3.63) is 76.9 Å². The molecule has 0 aliphatic carbocycles. The molecule has 3 aromatic carbocycles. The van der Waals surface area contributed by atoms with E-state index in [1.807, 2.05) is 24.3 Å². The SMILES string of the molecule is CCc1cc(Nc2ncc(Cl)c(Nc3ccc(OC)cc3NS(C)(=O)=O)n2)c(OC)cc1N1CCC(N2CCN(CCOc3cccc(C4CCC(=O)NC4=O)c3)CC2)CC1. The molecule has 1 aromatic heterocycles. The first-order valence-corrected chi connectivity index (χ1v) is 22.9. The lowest BCUT2D eigenvalue weighted by atomic mass is 9.90. The van der Waals surface area contributed by atoms with Crippen molar-refractivity contribution < 1.29 is 32.2 Å². The predicted octanol–water partition coefficient (Wildman–Crippen LogP) is 5.75. The molecule has 18 heteroatoms. The molecule has 4 heterocycles. The molecule has 1 unspecified atom stereocenters. The van der Waals surface area contributed by atoms with Crippen LogP contribution in [0.25, 0.3) is 0 Å². The van der Waals surface area contributed by atoms with Gasteiger partial charge in [0.05, 0.1) is 49.7 Å². The maximum Gasteiger partial charge on any atom is 0.234 e. The van der Waals surface area contributed by atoms with Crippen LogP contribution in [0.1, 0.15) is 49.7 Å². The van der Waals surface area contributed by atoms with Gasteiger partial charge < -0.3 is 29.7 Å². The Hall–Kier alpha value is -5.36. The maximum atomic E-state index is 12.4. The normalized spacial score (nSPS) is 18.0. The summed E-state index contributed by atoms with van der Waals surface area (Å²) in [6, 6.07) is 17.3. The van der Waals surface area contributed by atoms with Gasteiger partial charge in [0.15, 0.2) is 5.82 Å². The summed E-state index contributed by atoms with van der Waals surface area (Å²) in [4.78, 5) is 40.5. The van der Waals surface area contributed by atoms with Gasteiger partial charge in [-0.15, -0.1) is 0 Å². The number of carbonyl (C=O) groups is 2. The van der Waals surface area contributed by atoms with Crippen LogP contribution in [0.15, 0.2) is 60.8 Å². The van der Waals surface area contributed by atoms with E-state index in [0.29, 0.717) is 48.4 Å². The number of hydrogen-bond acceptors (Lipinski definition) is 14. The van der Waals surface area contributed by atoms with Crippen LogP contribution in [0.2, 0.25) is 5.02 Å². The first-order chi connectivity index (χ1) is 29.4. The van der Waals surface area contributed by atoms with Gasteiger partial charge in [-0.1, -0.05) is 30.7 Å². The van der Waals surface area contributed by atoms with E-state index in [0.717, 1.165) is 88.3 Å². The number of nitrogens with one attached hydrogen (secondary N) is 4. The number of rotatable bonds is 16. The molecule has 0 spiro atoms. The maximum absolute atomic E-state index is 12.4. The van der Waals surface area contributed by atoms with Gasteiger partial charge >= 0.3 is 0 Å². The molecule has 326 valence electrons. The average molecular weight is 876 g/mol. The number of ether oxygens (including phenoxy) is 3. The van der Waals surface area contributed by atoms with Crippen molar-refractivity contribution in [1.29, 1.82) is 0 Å². The molecule has 1 atom stereocenters. The molecule has 0 radical (unpaired) electrons. The Labute approximate surface area is 362 Å². The molecule has 0 bridgehead atoms. The van der Waals surface area contributed by atoms with E-state index < -0.39 is 10.0 Å². The number of methoxy groups -OCH3 is 2. The zero-order valence-corrected chi connectivity index (χ0v) is 36.6. The molecule has 0 saturated carbocycles. The third-order valence-electron chi connectivity index (χ3n) is 11.5. The summed E-state index contributed by atoms with van der Waals surface area (Å²) >= 11 is 6.51. The lowest BCUT2D eigenvalue weighted by Crippen LogP contribution is -2.53. The Balaban J connectivity index is 0.916. The van der Waals surface area contributed by atoms with Gasteiger partial charge in [-0.2, -0.15) is 4.98 Å². The van der Waals surface area contributed by atoms with Crippen LogP contribution in [0.3, 0.4) is 0 Å². The van der Waals surface area contributed by atoms with E-state index in [-0.39, 0.29) is 40.2 Å². The lowest BCUT2D eigenvalue weighted by molar-refractivity contribution is -0.134. The number of piperazine rings is 1. The van der Waals surface area contributed by atoms with Crippen molar-refractivity contribution in [2.24, 2.45) is 0 Å². The molecular weight excluding hydrogens is 822 g/mol. The van der Waals surface area contributed by atoms with E-state index in [2.05, 4.69) is 64.4 Å². The predicted molar refractivity (Wildman–Crippen MR) is 238 cm³/mol. The molecule has 61 heavy (non-hydrogen) atoms. The highest BCUT2D eigenvalue weighted by Crippen LogP contribution is 2.38. The van der Waals surface area contributed by atoms with Crippen LogP contribution in [0.4, 0.5) is 34.5 Å². The fraction of sp³-hybridized carbons (Fsp3) is 0.442. The van der Waals surface area contributed by atoms with Gasteiger partial charge in [-0.25, -0.2) is 13.4 Å². The number of hydrogen-bond donors (Lipinski definition) is 4. The Bertz CT molecular complexity index is 2320. The molecule has 3 saturated heterocycles. The van der Waals surface area contributed by atoms with E-state index >= 15 is 0 Å². The van der Waals surface area contributed by atoms with Crippen molar-refractivity contribution in [2.75, 3.05) is 93.2 Å². The van der Waals surface area contributed by atoms with Gasteiger partial charge in [0, 0.05) is 76.1 Å². The fourth-order valence-corrected chi connectivity index (χ4v) is 8.92. The molecule has 7 rings (SSSR count). The molecule has 4 aromatic rings. The number of carbonyl (C=O) groups excluding carboxylic acids is 2. The van der Waals surface area contributed by atoms with Gasteiger partial charge in [0.2, 0.25) is 27.8 Å². The second kappa shape index (κ2) is 19.6.